The molecule has 1 atom stereocenters. The number of aryl methyl sites for hydroxylation is 1. The van der Waals surface area contributed by atoms with Gasteiger partial charge in [-0.3, -0.25) is 19.3 Å². The molecule has 0 saturated carbocycles. The lowest BCUT2D eigenvalue weighted by molar-refractivity contribution is -0.121. The first kappa shape index (κ1) is 25.7. The normalized spacial score (nSPS) is 14.2. The highest BCUT2D eigenvalue weighted by Gasteiger charge is 2.30. The molecule has 0 bridgehead atoms. The van der Waals surface area contributed by atoms with Crippen LogP contribution in [0.3, 0.4) is 0 Å². The van der Waals surface area contributed by atoms with Crippen LogP contribution in [0, 0.1) is 6.92 Å². The summed E-state index contributed by atoms with van der Waals surface area (Å²) in [6, 6.07) is 22.9. The summed E-state index contributed by atoms with van der Waals surface area (Å²) in [6.07, 6.45) is 2.66. The van der Waals surface area contributed by atoms with Crippen molar-refractivity contribution in [2.24, 2.45) is 4.99 Å². The average molecular weight is 551 g/mol. The van der Waals surface area contributed by atoms with Crippen molar-refractivity contribution in [1.29, 1.82) is 0 Å². The molecule has 1 amide bonds. The van der Waals surface area contributed by atoms with E-state index in [-0.39, 0.29) is 12.3 Å². The molecule has 0 spiro atoms. The van der Waals surface area contributed by atoms with E-state index >= 15 is 0 Å². The van der Waals surface area contributed by atoms with Crippen molar-refractivity contribution in [3.05, 3.63) is 112 Å². The molecule has 9 heteroatoms. The number of halogens is 1. The standard InChI is InChI=1S/C31H27ClN6O2/c1-19-36-37-31-27(17-29(39)33-14-13-20-15-22-5-3-4-6-26(22)34-18-20)35-30(21-7-9-23(32)10-8-21)25-16-24(40-2)11-12-28(25)38(19)31/h3-12,15-16,18,27H,13-14,17H2,1-2H3,(H,33,39)/t27-/m0/s1. The van der Waals surface area contributed by atoms with Gasteiger partial charge in [0, 0.05) is 34.3 Å². The van der Waals surface area contributed by atoms with Gasteiger partial charge in [-0.2, -0.15) is 0 Å². The summed E-state index contributed by atoms with van der Waals surface area (Å²) in [4.78, 5) is 22.8. The van der Waals surface area contributed by atoms with Gasteiger partial charge in [-0.15, -0.1) is 10.2 Å². The van der Waals surface area contributed by atoms with Crippen molar-refractivity contribution < 1.29 is 9.53 Å². The number of fused-ring (bicyclic) bond motifs is 4. The molecule has 1 N–H and O–H groups in total. The smallest absolute Gasteiger partial charge is 0.222 e. The zero-order chi connectivity index (χ0) is 27.6. The Kier molecular flexibility index (Phi) is 7.00. The van der Waals surface area contributed by atoms with Gasteiger partial charge in [0.15, 0.2) is 5.82 Å². The second-order valence-electron chi connectivity index (χ2n) is 9.66. The molecule has 8 nitrogen and oxygen atoms in total. The number of benzene rings is 3. The van der Waals surface area contributed by atoms with Crippen LogP contribution in [0.1, 0.15) is 40.8 Å². The van der Waals surface area contributed by atoms with E-state index in [1.807, 2.05) is 84.4 Å². The van der Waals surface area contributed by atoms with Gasteiger partial charge in [0.05, 0.1) is 30.4 Å². The van der Waals surface area contributed by atoms with Gasteiger partial charge in [0.1, 0.15) is 17.6 Å². The Morgan fingerprint density at radius 2 is 1.88 bits per heavy atom. The highest BCUT2D eigenvalue weighted by Crippen LogP contribution is 2.34. The minimum absolute atomic E-state index is 0.117. The number of aliphatic imine (C=N–C) groups is 1. The topological polar surface area (TPSA) is 94.3 Å². The predicted octanol–water partition coefficient (Wildman–Crippen LogP) is 5.43. The summed E-state index contributed by atoms with van der Waals surface area (Å²) >= 11 is 6.19. The Labute approximate surface area is 236 Å². The van der Waals surface area contributed by atoms with Crippen LogP contribution < -0.4 is 10.1 Å². The monoisotopic (exact) mass is 550 g/mol. The molecule has 0 aliphatic carbocycles. The number of carbonyl (C=O) groups is 1. The van der Waals surface area contributed by atoms with Gasteiger partial charge in [-0.25, -0.2) is 0 Å². The first-order valence-electron chi connectivity index (χ1n) is 13.0. The van der Waals surface area contributed by atoms with E-state index in [1.165, 1.54) is 0 Å². The summed E-state index contributed by atoms with van der Waals surface area (Å²) in [6.45, 7) is 2.38. The predicted molar refractivity (Wildman–Crippen MR) is 156 cm³/mol. The van der Waals surface area contributed by atoms with Crippen LogP contribution >= 0.6 is 11.6 Å². The number of nitrogens with one attached hydrogen (secondary N) is 1. The van der Waals surface area contributed by atoms with Crippen LogP contribution in [0.4, 0.5) is 0 Å². The first-order chi connectivity index (χ1) is 19.5. The summed E-state index contributed by atoms with van der Waals surface area (Å²) in [5.74, 6) is 1.91. The molecule has 6 rings (SSSR count). The maximum Gasteiger partial charge on any atom is 0.222 e. The van der Waals surface area contributed by atoms with Crippen LogP contribution in [0.15, 0.2) is 84.0 Å². The molecule has 3 aromatic carbocycles. The first-order valence-corrected chi connectivity index (χ1v) is 13.4. The molecular formula is C31H27ClN6O2. The fraction of sp³-hybridized carbons (Fsp3) is 0.194. The van der Waals surface area contributed by atoms with Crippen LogP contribution in [0.5, 0.6) is 5.75 Å². The van der Waals surface area contributed by atoms with Crippen molar-refractivity contribution in [1.82, 2.24) is 25.1 Å². The number of methoxy groups -OCH3 is 1. The van der Waals surface area contributed by atoms with Gasteiger partial charge in [0.25, 0.3) is 0 Å². The zero-order valence-electron chi connectivity index (χ0n) is 22.1. The van der Waals surface area contributed by atoms with Crippen LogP contribution in [-0.4, -0.2) is 45.0 Å². The number of hydrogen-bond acceptors (Lipinski definition) is 6. The minimum atomic E-state index is -0.549. The third-order valence-corrected chi connectivity index (χ3v) is 7.26. The van der Waals surface area contributed by atoms with E-state index in [4.69, 9.17) is 21.3 Å². The Hall–Kier alpha value is -4.56. The third-order valence-electron chi connectivity index (χ3n) is 7.01. The van der Waals surface area contributed by atoms with Crippen molar-refractivity contribution in [3.8, 4) is 11.4 Å². The number of amides is 1. The number of aromatic nitrogens is 4. The molecule has 0 saturated heterocycles. The largest absolute Gasteiger partial charge is 0.497 e. The Balaban J connectivity index is 1.29. The van der Waals surface area contributed by atoms with Gasteiger partial charge in [-0.05, 0) is 61.4 Å². The summed E-state index contributed by atoms with van der Waals surface area (Å²) in [7, 11) is 1.63. The molecule has 5 aromatic rings. The second-order valence-corrected chi connectivity index (χ2v) is 10.1. The molecular weight excluding hydrogens is 524 g/mol. The van der Waals surface area contributed by atoms with E-state index in [0.717, 1.165) is 39.0 Å². The lowest BCUT2D eigenvalue weighted by Gasteiger charge is -2.14. The van der Waals surface area contributed by atoms with Crippen molar-refractivity contribution in [2.45, 2.75) is 25.8 Å². The summed E-state index contributed by atoms with van der Waals surface area (Å²) in [5.41, 5.74) is 5.36. The number of hydrogen-bond donors (Lipinski definition) is 1. The highest BCUT2D eigenvalue weighted by atomic mass is 35.5. The molecule has 200 valence electrons. The lowest BCUT2D eigenvalue weighted by atomic mass is 10.00. The van der Waals surface area contributed by atoms with Gasteiger partial charge in [0.2, 0.25) is 5.91 Å². The van der Waals surface area contributed by atoms with E-state index in [1.54, 1.807) is 7.11 Å². The quantitative estimate of drug-likeness (QED) is 0.292. The Bertz CT molecular complexity index is 1750. The van der Waals surface area contributed by atoms with Crippen LogP contribution in [0.2, 0.25) is 5.02 Å². The molecule has 3 heterocycles. The number of rotatable bonds is 7. The van der Waals surface area contributed by atoms with Gasteiger partial charge in [-0.1, -0.05) is 41.9 Å². The zero-order valence-corrected chi connectivity index (χ0v) is 22.9. The van der Waals surface area contributed by atoms with E-state index in [2.05, 4.69) is 26.6 Å². The molecule has 0 unspecified atom stereocenters. The minimum Gasteiger partial charge on any atom is -0.497 e. The van der Waals surface area contributed by atoms with Crippen molar-refractivity contribution in [2.75, 3.05) is 13.7 Å². The molecule has 1 aliphatic heterocycles. The number of para-hydroxylation sites is 1. The Morgan fingerprint density at radius 3 is 2.70 bits per heavy atom. The SMILES string of the molecule is COc1ccc2c(c1)C(c1ccc(Cl)cc1)=N[C@@H](CC(=O)NCCc1cnc3ccccc3c1)c1nnc(C)n1-2. The van der Waals surface area contributed by atoms with Gasteiger partial charge < -0.3 is 10.1 Å². The van der Waals surface area contributed by atoms with Crippen molar-refractivity contribution >= 4 is 34.1 Å². The Morgan fingerprint density at radius 1 is 1.05 bits per heavy atom. The summed E-state index contributed by atoms with van der Waals surface area (Å²) in [5, 5.41) is 13.6. The highest BCUT2D eigenvalue weighted by molar-refractivity contribution is 6.30. The van der Waals surface area contributed by atoms with Gasteiger partial charge >= 0.3 is 0 Å². The van der Waals surface area contributed by atoms with E-state index in [0.29, 0.717) is 35.4 Å². The van der Waals surface area contributed by atoms with Crippen molar-refractivity contribution in [3.63, 3.8) is 0 Å². The van der Waals surface area contributed by atoms with E-state index < -0.39 is 6.04 Å². The maximum absolute atomic E-state index is 13.2. The third kappa shape index (κ3) is 5.05. The number of pyridine rings is 1. The molecule has 0 radical (unpaired) electrons. The van der Waals surface area contributed by atoms with Crippen LogP contribution in [-0.2, 0) is 11.2 Å². The fourth-order valence-electron chi connectivity index (χ4n) is 5.02. The molecule has 2 aromatic heterocycles. The average Bonchev–Trinajstić information content (AvgIpc) is 3.30. The molecule has 40 heavy (non-hydrogen) atoms. The van der Waals surface area contributed by atoms with Crippen LogP contribution in [0.25, 0.3) is 16.6 Å². The van der Waals surface area contributed by atoms with E-state index in [9.17, 15) is 4.79 Å². The lowest BCUT2D eigenvalue weighted by Crippen LogP contribution is -2.27. The molecule has 0 fully saturated rings. The number of ether oxygens (including phenoxy) is 1. The molecule has 1 aliphatic rings. The second kappa shape index (κ2) is 10.9. The number of carbonyl (C=O) groups excluding carboxylic acids is 1. The maximum atomic E-state index is 13.2. The fourth-order valence-corrected chi connectivity index (χ4v) is 5.15. The summed E-state index contributed by atoms with van der Waals surface area (Å²) < 4.78 is 7.51. The number of nitrogens with zero attached hydrogens (tertiary/aromatic N) is 5.